The summed E-state index contributed by atoms with van der Waals surface area (Å²) < 4.78 is 18.7. The fourth-order valence-electron chi connectivity index (χ4n) is 1.91. The van der Waals surface area contributed by atoms with Crippen molar-refractivity contribution >= 4 is 5.91 Å². The summed E-state index contributed by atoms with van der Waals surface area (Å²) in [5.74, 6) is -0.553. The number of halogens is 1. The van der Waals surface area contributed by atoms with Gasteiger partial charge in [0.25, 0.3) is 5.91 Å². The molecule has 0 atom stereocenters. The number of rotatable bonds is 2. The van der Waals surface area contributed by atoms with Gasteiger partial charge in [0.05, 0.1) is 7.11 Å². The van der Waals surface area contributed by atoms with Gasteiger partial charge in [-0.2, -0.15) is 0 Å². The van der Waals surface area contributed by atoms with Crippen molar-refractivity contribution in [1.29, 1.82) is 0 Å². The maximum Gasteiger partial charge on any atom is 0.260 e. The lowest BCUT2D eigenvalue weighted by Crippen LogP contribution is -2.46. The molecule has 1 aliphatic rings. The van der Waals surface area contributed by atoms with Gasteiger partial charge in [-0.25, -0.2) is 4.39 Å². The highest BCUT2D eigenvalue weighted by molar-refractivity contribution is 5.97. The first-order valence-corrected chi connectivity index (χ1v) is 5.56. The van der Waals surface area contributed by atoms with Gasteiger partial charge in [0.1, 0.15) is 17.1 Å². The quantitative estimate of drug-likeness (QED) is 0.831. The van der Waals surface area contributed by atoms with Gasteiger partial charge in [-0.1, -0.05) is 6.07 Å². The summed E-state index contributed by atoms with van der Waals surface area (Å²) in [6.45, 7) is 2.66. The largest absolute Gasteiger partial charge is 0.496 e. The van der Waals surface area contributed by atoms with Crippen LogP contribution in [0.25, 0.3) is 0 Å². The van der Waals surface area contributed by atoms with E-state index in [4.69, 9.17) is 4.74 Å². The topological polar surface area (TPSA) is 41.6 Å². The first kappa shape index (κ1) is 11.9. The molecule has 0 saturated carbocycles. The summed E-state index contributed by atoms with van der Waals surface area (Å²) in [4.78, 5) is 13.8. The standard InChI is InChI=1S/C12H15FN2O2/c1-17-10-4-2-3-9(13)11(10)12(16)15-7-5-14-6-8-15/h2-4,14H,5-8H2,1H3. The molecular formula is C12H15FN2O2. The SMILES string of the molecule is COc1cccc(F)c1C(=O)N1CCNCC1. The predicted molar refractivity (Wildman–Crippen MR) is 61.7 cm³/mol. The van der Waals surface area contributed by atoms with Crippen molar-refractivity contribution < 1.29 is 13.9 Å². The van der Waals surface area contributed by atoms with Crippen molar-refractivity contribution in [2.24, 2.45) is 0 Å². The zero-order valence-electron chi connectivity index (χ0n) is 9.70. The van der Waals surface area contributed by atoms with E-state index >= 15 is 0 Å². The molecule has 17 heavy (non-hydrogen) atoms. The number of carbonyl (C=O) groups excluding carboxylic acids is 1. The number of hydrogen-bond acceptors (Lipinski definition) is 3. The predicted octanol–water partition coefficient (Wildman–Crippen LogP) is 0.880. The zero-order valence-corrected chi connectivity index (χ0v) is 9.70. The summed E-state index contributed by atoms with van der Waals surface area (Å²) in [6.07, 6.45) is 0. The lowest BCUT2D eigenvalue weighted by Gasteiger charge is -2.28. The molecular weight excluding hydrogens is 223 g/mol. The van der Waals surface area contributed by atoms with Gasteiger partial charge in [0, 0.05) is 26.2 Å². The summed E-state index contributed by atoms with van der Waals surface area (Å²) in [5.41, 5.74) is 0.0249. The Hall–Kier alpha value is -1.62. The number of hydrogen-bond donors (Lipinski definition) is 1. The Morgan fingerprint density at radius 3 is 2.76 bits per heavy atom. The fourth-order valence-corrected chi connectivity index (χ4v) is 1.91. The Labute approximate surface area is 99.4 Å². The molecule has 1 N–H and O–H groups in total. The van der Waals surface area contributed by atoms with Gasteiger partial charge in [0.15, 0.2) is 0 Å². The van der Waals surface area contributed by atoms with Crippen LogP contribution < -0.4 is 10.1 Å². The number of amides is 1. The highest BCUT2D eigenvalue weighted by Gasteiger charge is 2.24. The first-order chi connectivity index (χ1) is 8.24. The summed E-state index contributed by atoms with van der Waals surface area (Å²) >= 11 is 0. The molecule has 1 aromatic carbocycles. The molecule has 0 aliphatic carbocycles. The molecule has 0 aromatic heterocycles. The Morgan fingerprint density at radius 2 is 2.12 bits per heavy atom. The maximum absolute atomic E-state index is 13.7. The van der Waals surface area contributed by atoms with E-state index in [1.807, 2.05) is 0 Å². The van der Waals surface area contributed by atoms with Crippen LogP contribution in [-0.2, 0) is 0 Å². The molecule has 1 aromatic rings. The lowest BCUT2D eigenvalue weighted by atomic mass is 10.1. The average molecular weight is 238 g/mol. The third-order valence-electron chi connectivity index (χ3n) is 2.81. The Balaban J connectivity index is 2.29. The van der Waals surface area contributed by atoms with Crippen molar-refractivity contribution in [2.45, 2.75) is 0 Å². The lowest BCUT2D eigenvalue weighted by molar-refractivity contribution is 0.0727. The van der Waals surface area contributed by atoms with Crippen LogP contribution in [0.5, 0.6) is 5.75 Å². The number of nitrogens with zero attached hydrogens (tertiary/aromatic N) is 1. The fraction of sp³-hybridized carbons (Fsp3) is 0.417. The molecule has 1 aliphatic heterocycles. The van der Waals surface area contributed by atoms with E-state index < -0.39 is 5.82 Å². The third kappa shape index (κ3) is 2.39. The van der Waals surface area contributed by atoms with Crippen LogP contribution in [0.4, 0.5) is 4.39 Å². The summed E-state index contributed by atoms with van der Waals surface area (Å²) in [6, 6.07) is 4.40. The first-order valence-electron chi connectivity index (χ1n) is 5.56. The van der Waals surface area contributed by atoms with E-state index in [0.717, 1.165) is 13.1 Å². The van der Waals surface area contributed by atoms with Crippen LogP contribution in [0.1, 0.15) is 10.4 Å². The van der Waals surface area contributed by atoms with E-state index in [1.54, 1.807) is 11.0 Å². The van der Waals surface area contributed by atoms with Gasteiger partial charge in [-0.05, 0) is 12.1 Å². The minimum Gasteiger partial charge on any atom is -0.496 e. The van der Waals surface area contributed by atoms with Crippen LogP contribution in [-0.4, -0.2) is 44.1 Å². The molecule has 4 nitrogen and oxygen atoms in total. The number of nitrogens with one attached hydrogen (secondary N) is 1. The van der Waals surface area contributed by atoms with Crippen molar-refractivity contribution in [3.8, 4) is 5.75 Å². The van der Waals surface area contributed by atoms with Crippen LogP contribution in [0.15, 0.2) is 18.2 Å². The van der Waals surface area contributed by atoms with Gasteiger partial charge in [0.2, 0.25) is 0 Å². The minimum atomic E-state index is -0.534. The molecule has 2 rings (SSSR count). The molecule has 0 bridgehead atoms. The molecule has 0 radical (unpaired) electrons. The normalized spacial score (nSPS) is 15.8. The number of piperazine rings is 1. The molecule has 1 saturated heterocycles. The average Bonchev–Trinajstić information content (AvgIpc) is 2.38. The highest BCUT2D eigenvalue weighted by Crippen LogP contribution is 2.22. The van der Waals surface area contributed by atoms with Crippen molar-refractivity contribution in [1.82, 2.24) is 10.2 Å². The molecule has 0 spiro atoms. The zero-order chi connectivity index (χ0) is 12.3. The molecule has 0 unspecified atom stereocenters. The van der Waals surface area contributed by atoms with Gasteiger partial charge >= 0.3 is 0 Å². The van der Waals surface area contributed by atoms with Crippen LogP contribution in [0.2, 0.25) is 0 Å². The maximum atomic E-state index is 13.7. The Morgan fingerprint density at radius 1 is 1.41 bits per heavy atom. The van der Waals surface area contributed by atoms with Crippen LogP contribution >= 0.6 is 0 Å². The van der Waals surface area contributed by atoms with Crippen LogP contribution in [0.3, 0.4) is 0 Å². The Bertz CT molecular complexity index is 417. The molecule has 1 fully saturated rings. The summed E-state index contributed by atoms with van der Waals surface area (Å²) in [7, 11) is 1.43. The molecule has 5 heteroatoms. The number of carbonyl (C=O) groups is 1. The van der Waals surface area contributed by atoms with Crippen molar-refractivity contribution in [2.75, 3.05) is 33.3 Å². The monoisotopic (exact) mass is 238 g/mol. The van der Waals surface area contributed by atoms with E-state index in [2.05, 4.69) is 5.32 Å². The second kappa shape index (κ2) is 5.14. The van der Waals surface area contributed by atoms with Crippen LogP contribution in [0, 0.1) is 5.82 Å². The summed E-state index contributed by atoms with van der Waals surface area (Å²) in [5, 5.41) is 3.15. The Kier molecular flexibility index (Phi) is 3.58. The van der Waals surface area contributed by atoms with Gasteiger partial charge in [-0.3, -0.25) is 4.79 Å². The van der Waals surface area contributed by atoms with Gasteiger partial charge < -0.3 is 15.0 Å². The number of ether oxygens (including phenoxy) is 1. The van der Waals surface area contributed by atoms with E-state index in [-0.39, 0.29) is 17.2 Å². The van der Waals surface area contributed by atoms with Gasteiger partial charge in [-0.15, -0.1) is 0 Å². The van der Waals surface area contributed by atoms with E-state index in [9.17, 15) is 9.18 Å². The van der Waals surface area contributed by atoms with Crippen molar-refractivity contribution in [3.05, 3.63) is 29.6 Å². The minimum absolute atomic E-state index is 0.0249. The van der Waals surface area contributed by atoms with E-state index in [0.29, 0.717) is 13.1 Å². The molecule has 1 heterocycles. The highest BCUT2D eigenvalue weighted by atomic mass is 19.1. The van der Waals surface area contributed by atoms with Crippen molar-refractivity contribution in [3.63, 3.8) is 0 Å². The third-order valence-corrected chi connectivity index (χ3v) is 2.81. The second-order valence-corrected chi connectivity index (χ2v) is 3.86. The number of benzene rings is 1. The molecule has 1 amide bonds. The van der Waals surface area contributed by atoms with E-state index in [1.165, 1.54) is 19.2 Å². The second-order valence-electron chi connectivity index (χ2n) is 3.86. The number of methoxy groups -OCH3 is 1. The smallest absolute Gasteiger partial charge is 0.260 e. The molecule has 92 valence electrons.